The molecule has 10 nitrogen and oxygen atoms in total. The van der Waals surface area contributed by atoms with Crippen LogP contribution in [0.4, 0.5) is 5.69 Å². The fourth-order valence-electron chi connectivity index (χ4n) is 6.57. The Morgan fingerprint density at radius 3 is 2.30 bits per heavy atom. The number of amides is 2. The zero-order chi connectivity index (χ0) is 37.9. The molecule has 0 aliphatic carbocycles. The number of hydrogen-bond acceptors (Lipinski definition) is 7. The molecule has 0 fully saturated rings. The van der Waals surface area contributed by atoms with Crippen LogP contribution >= 0.6 is 23.2 Å². The molecule has 0 aromatic heterocycles. The first-order valence-corrected chi connectivity index (χ1v) is 17.9. The summed E-state index contributed by atoms with van der Waals surface area (Å²) in [6, 6.07) is 31.2. The molecular formula is C42H34Cl2N4O6. The van der Waals surface area contributed by atoms with Gasteiger partial charge in [0.15, 0.2) is 0 Å². The minimum absolute atomic E-state index is 0.103. The minimum atomic E-state index is -1.14. The largest absolute Gasteiger partial charge is 0.489 e. The third-order valence-electron chi connectivity index (χ3n) is 9.65. The highest BCUT2D eigenvalue weighted by Crippen LogP contribution is 2.41. The van der Waals surface area contributed by atoms with Crippen LogP contribution in [0.3, 0.4) is 0 Å². The maximum atomic E-state index is 13.5. The lowest BCUT2D eigenvalue weighted by Gasteiger charge is -2.34. The van der Waals surface area contributed by atoms with E-state index in [4.69, 9.17) is 37.9 Å². The number of nitrogens with one attached hydrogen (secondary N) is 2. The van der Waals surface area contributed by atoms with Gasteiger partial charge in [0.2, 0.25) is 12.0 Å². The van der Waals surface area contributed by atoms with E-state index in [2.05, 4.69) is 16.7 Å². The summed E-state index contributed by atoms with van der Waals surface area (Å²) in [6.07, 6.45) is -0.458. The first-order chi connectivity index (χ1) is 26.1. The maximum absolute atomic E-state index is 13.5. The lowest BCUT2D eigenvalue weighted by atomic mass is 9.93. The molecule has 0 saturated carbocycles. The molecule has 2 aliphatic rings. The van der Waals surface area contributed by atoms with E-state index in [0.29, 0.717) is 57.9 Å². The fourth-order valence-corrected chi connectivity index (χ4v) is 6.89. The zero-order valence-electron chi connectivity index (χ0n) is 29.0. The van der Waals surface area contributed by atoms with Crippen molar-refractivity contribution in [3.63, 3.8) is 0 Å². The molecule has 0 spiro atoms. The van der Waals surface area contributed by atoms with Crippen LogP contribution in [0.15, 0.2) is 103 Å². The Hall–Kier alpha value is -5.86. The van der Waals surface area contributed by atoms with Crippen LogP contribution in [0.1, 0.15) is 39.5 Å². The summed E-state index contributed by atoms with van der Waals surface area (Å²) in [5, 5.41) is 25.9. The summed E-state index contributed by atoms with van der Waals surface area (Å²) in [7, 11) is 1.69. The molecule has 54 heavy (non-hydrogen) atoms. The summed E-state index contributed by atoms with van der Waals surface area (Å²) in [5.74, 6) is -0.650. The molecule has 7 rings (SSSR count). The van der Waals surface area contributed by atoms with Crippen molar-refractivity contribution in [2.75, 3.05) is 11.9 Å². The summed E-state index contributed by atoms with van der Waals surface area (Å²) >= 11 is 12.1. The summed E-state index contributed by atoms with van der Waals surface area (Å²) in [4.78, 5) is 40.7. The highest BCUT2D eigenvalue weighted by Gasteiger charge is 2.36. The smallest absolute Gasteiger partial charge is 0.326 e. The number of nitriles is 1. The van der Waals surface area contributed by atoms with Crippen molar-refractivity contribution < 1.29 is 29.0 Å². The average Bonchev–Trinajstić information content (AvgIpc) is 3.19. The van der Waals surface area contributed by atoms with Gasteiger partial charge in [-0.05, 0) is 88.3 Å². The number of hydrogen-bond donors (Lipinski definition) is 3. The Balaban J connectivity index is 0.979. The van der Waals surface area contributed by atoms with Gasteiger partial charge in [-0.25, -0.2) is 4.79 Å². The maximum Gasteiger partial charge on any atom is 0.326 e. The Morgan fingerprint density at radius 2 is 1.63 bits per heavy atom. The molecule has 0 bridgehead atoms. The van der Waals surface area contributed by atoms with Crippen molar-refractivity contribution >= 4 is 46.7 Å². The molecule has 12 heteroatoms. The monoisotopic (exact) mass is 760 g/mol. The number of ether oxygens (including phenoxy) is 2. The number of carbonyl (C=O) groups is 3. The SMILES string of the molecule is CN1C(=O)C(c2ccc(OCc3ccc(Cl)c(Cl)c3)cc2)Oc2cc3c(cc21)CC(C(=O)N[C@@H](Cc1ccc(-c2ccc(C#N)cc2)cc1)C(=O)O)NC3. The number of carboxylic acids is 1. The molecule has 272 valence electrons. The van der Waals surface area contributed by atoms with Gasteiger partial charge in [-0.2, -0.15) is 5.26 Å². The molecule has 3 N–H and O–H groups in total. The highest BCUT2D eigenvalue weighted by atomic mass is 35.5. The van der Waals surface area contributed by atoms with E-state index in [1.165, 1.54) is 0 Å². The van der Waals surface area contributed by atoms with Gasteiger partial charge in [0, 0.05) is 25.6 Å². The Kier molecular flexibility index (Phi) is 10.6. The van der Waals surface area contributed by atoms with E-state index >= 15 is 0 Å². The van der Waals surface area contributed by atoms with Crippen molar-refractivity contribution in [3.8, 4) is 28.7 Å². The lowest BCUT2D eigenvalue weighted by Crippen LogP contribution is -2.53. The van der Waals surface area contributed by atoms with Crippen LogP contribution in [-0.2, 0) is 40.4 Å². The third-order valence-corrected chi connectivity index (χ3v) is 10.4. The Bertz CT molecular complexity index is 2270. The second-order valence-corrected chi connectivity index (χ2v) is 14.0. The number of halogens is 2. The van der Waals surface area contributed by atoms with Gasteiger partial charge in [0.1, 0.15) is 24.1 Å². The average molecular weight is 762 g/mol. The third kappa shape index (κ3) is 7.89. The number of carbonyl (C=O) groups excluding carboxylic acids is 2. The number of carboxylic acid groups (broad SMARTS) is 1. The van der Waals surface area contributed by atoms with Crippen LogP contribution in [0.2, 0.25) is 10.0 Å². The predicted octanol–water partition coefficient (Wildman–Crippen LogP) is 7.03. The topological polar surface area (TPSA) is 141 Å². The van der Waals surface area contributed by atoms with E-state index in [1.54, 1.807) is 60.5 Å². The molecule has 5 aromatic carbocycles. The van der Waals surface area contributed by atoms with Gasteiger partial charge in [-0.15, -0.1) is 0 Å². The van der Waals surface area contributed by atoms with Crippen molar-refractivity contribution in [3.05, 3.63) is 147 Å². The predicted molar refractivity (Wildman–Crippen MR) is 205 cm³/mol. The van der Waals surface area contributed by atoms with E-state index < -0.39 is 30.1 Å². The lowest BCUT2D eigenvalue weighted by molar-refractivity contribution is -0.142. The van der Waals surface area contributed by atoms with Crippen molar-refractivity contribution in [2.45, 2.75) is 44.2 Å². The van der Waals surface area contributed by atoms with Crippen LogP contribution in [-0.4, -0.2) is 42.0 Å². The highest BCUT2D eigenvalue weighted by molar-refractivity contribution is 6.42. The van der Waals surface area contributed by atoms with E-state index in [-0.39, 0.29) is 12.3 Å². The molecule has 5 aromatic rings. The number of aliphatic carboxylic acids is 1. The molecule has 3 atom stereocenters. The van der Waals surface area contributed by atoms with Crippen molar-refractivity contribution in [2.24, 2.45) is 0 Å². The van der Waals surface area contributed by atoms with Gasteiger partial charge >= 0.3 is 5.97 Å². The molecule has 2 aliphatic heterocycles. The number of benzene rings is 5. The van der Waals surface area contributed by atoms with Gasteiger partial charge in [-0.1, -0.05) is 77.8 Å². The number of nitrogens with zero attached hydrogens (tertiary/aromatic N) is 2. The van der Waals surface area contributed by atoms with Gasteiger partial charge in [0.25, 0.3) is 5.91 Å². The first-order valence-electron chi connectivity index (χ1n) is 17.2. The second-order valence-electron chi connectivity index (χ2n) is 13.2. The number of likely N-dealkylation sites (N-methyl/N-ethyl adjacent to an activating group) is 1. The number of anilines is 1. The summed E-state index contributed by atoms with van der Waals surface area (Å²) in [6.45, 7) is 0.649. The summed E-state index contributed by atoms with van der Waals surface area (Å²) < 4.78 is 12.2. The van der Waals surface area contributed by atoms with Crippen LogP contribution in [0.5, 0.6) is 11.5 Å². The van der Waals surface area contributed by atoms with E-state index in [0.717, 1.165) is 33.4 Å². The van der Waals surface area contributed by atoms with E-state index in [1.807, 2.05) is 54.6 Å². The van der Waals surface area contributed by atoms with Crippen molar-refractivity contribution in [1.82, 2.24) is 10.6 Å². The van der Waals surface area contributed by atoms with Crippen LogP contribution in [0, 0.1) is 11.3 Å². The van der Waals surface area contributed by atoms with Gasteiger partial charge in [-0.3, -0.25) is 9.59 Å². The Labute approximate surface area is 321 Å². The minimum Gasteiger partial charge on any atom is -0.489 e. The number of fused-ring (bicyclic) bond motifs is 2. The molecule has 2 amide bonds. The quantitative estimate of drug-likeness (QED) is 0.138. The molecule has 2 heterocycles. The normalized spacial score (nSPS) is 16.6. The fraction of sp³-hybridized carbons (Fsp3) is 0.190. The molecule has 0 saturated heterocycles. The number of rotatable bonds is 10. The standard InChI is InChI=1S/C42H34Cl2N4O6/c1-48-37-19-30-18-35(40(49)47-36(42(51)52)17-24-2-7-27(8-3-24)28-9-4-25(21-45)5-10-28)46-22-31(30)20-38(37)54-39(41(48)50)29-11-13-32(14-12-29)53-23-26-6-15-33(43)34(44)16-26/h2-16,19-20,35-36,39,46H,17-18,22-23H2,1H3,(H,47,49)(H,51,52)/t35?,36-,39?/m0/s1. The van der Waals surface area contributed by atoms with Gasteiger partial charge < -0.3 is 30.1 Å². The molecule has 0 radical (unpaired) electrons. The Morgan fingerprint density at radius 1 is 0.944 bits per heavy atom. The van der Waals surface area contributed by atoms with E-state index in [9.17, 15) is 19.5 Å². The summed E-state index contributed by atoms with van der Waals surface area (Å²) in [5.41, 5.74) is 7.09. The zero-order valence-corrected chi connectivity index (χ0v) is 30.5. The van der Waals surface area contributed by atoms with Crippen LogP contribution < -0.4 is 25.0 Å². The molecule has 2 unspecified atom stereocenters. The van der Waals surface area contributed by atoms with Gasteiger partial charge in [0.05, 0.1) is 33.4 Å². The molecular weight excluding hydrogens is 727 g/mol. The van der Waals surface area contributed by atoms with Crippen molar-refractivity contribution in [1.29, 1.82) is 5.26 Å². The second kappa shape index (κ2) is 15.6. The first kappa shape index (κ1) is 36.5. The van der Waals surface area contributed by atoms with Crippen LogP contribution in [0.25, 0.3) is 11.1 Å².